The summed E-state index contributed by atoms with van der Waals surface area (Å²) in [7, 11) is 0. The van der Waals surface area contributed by atoms with Crippen LogP contribution in [0, 0.1) is 0 Å². The minimum atomic E-state index is 0.388. The molecule has 0 radical (unpaired) electrons. The van der Waals surface area contributed by atoms with Crippen molar-refractivity contribution in [3.8, 4) is 0 Å². The summed E-state index contributed by atoms with van der Waals surface area (Å²) in [6.45, 7) is 1.59. The lowest BCUT2D eigenvalue weighted by Gasteiger charge is -2.18. The zero-order chi connectivity index (χ0) is 14.7. The molecule has 2 aromatic rings. The van der Waals surface area contributed by atoms with Crippen LogP contribution in [0.5, 0.6) is 0 Å². The zero-order valence-electron chi connectivity index (χ0n) is 11.6. The van der Waals surface area contributed by atoms with Crippen LogP contribution in [0.2, 0.25) is 5.02 Å². The molecule has 1 fully saturated rings. The molecule has 0 bridgehead atoms. The molecule has 3 nitrogen and oxygen atoms in total. The molecular formula is C16H17BrClNO2. The van der Waals surface area contributed by atoms with Crippen molar-refractivity contribution in [3.63, 3.8) is 0 Å². The standard InChI is InChI=1S/C16H17BrClNO2/c17-15-14(6-3-11-1-4-13(18)5-2-11)21-16(19-15)12-7-9-20-10-8-12/h1-2,4-5,12H,3,6-10H2. The van der Waals surface area contributed by atoms with E-state index in [-0.39, 0.29) is 0 Å². The van der Waals surface area contributed by atoms with Crippen LogP contribution in [0.4, 0.5) is 0 Å². The summed E-state index contributed by atoms with van der Waals surface area (Å²) < 4.78 is 12.2. The predicted octanol–water partition coefficient (Wildman–Crippen LogP) is 4.77. The summed E-state index contributed by atoms with van der Waals surface area (Å²) in [5, 5.41) is 0.765. The molecule has 1 aliphatic heterocycles. The van der Waals surface area contributed by atoms with Crippen molar-refractivity contribution in [1.29, 1.82) is 0 Å². The smallest absolute Gasteiger partial charge is 0.198 e. The van der Waals surface area contributed by atoms with Crippen LogP contribution >= 0.6 is 27.5 Å². The van der Waals surface area contributed by atoms with Crippen molar-refractivity contribution < 1.29 is 9.15 Å². The number of hydrogen-bond donors (Lipinski definition) is 0. The number of ether oxygens (including phenoxy) is 1. The number of hydrogen-bond acceptors (Lipinski definition) is 3. The van der Waals surface area contributed by atoms with E-state index in [2.05, 4.69) is 20.9 Å². The Balaban J connectivity index is 1.65. The van der Waals surface area contributed by atoms with Crippen LogP contribution in [0.1, 0.15) is 36.0 Å². The summed E-state index contributed by atoms with van der Waals surface area (Å²) in [6.07, 6.45) is 3.73. The van der Waals surface area contributed by atoms with E-state index in [1.807, 2.05) is 24.3 Å². The fourth-order valence-corrected chi connectivity index (χ4v) is 3.11. The first-order valence-electron chi connectivity index (χ1n) is 7.19. The largest absolute Gasteiger partial charge is 0.444 e. The van der Waals surface area contributed by atoms with Crippen molar-refractivity contribution in [2.24, 2.45) is 0 Å². The Labute approximate surface area is 137 Å². The molecule has 1 aliphatic rings. The molecule has 0 aliphatic carbocycles. The molecule has 1 saturated heterocycles. The highest BCUT2D eigenvalue weighted by atomic mass is 79.9. The fraction of sp³-hybridized carbons (Fsp3) is 0.438. The first-order valence-corrected chi connectivity index (χ1v) is 8.37. The number of halogens is 2. The maximum atomic E-state index is 5.96. The van der Waals surface area contributed by atoms with Gasteiger partial charge in [-0.05, 0) is 52.9 Å². The molecule has 0 spiro atoms. The molecule has 0 unspecified atom stereocenters. The summed E-state index contributed by atoms with van der Waals surface area (Å²) in [4.78, 5) is 4.53. The number of rotatable bonds is 4. The highest BCUT2D eigenvalue weighted by molar-refractivity contribution is 9.10. The van der Waals surface area contributed by atoms with Gasteiger partial charge in [0, 0.05) is 30.6 Å². The van der Waals surface area contributed by atoms with Gasteiger partial charge >= 0.3 is 0 Å². The highest BCUT2D eigenvalue weighted by Gasteiger charge is 2.22. The molecule has 0 atom stereocenters. The predicted molar refractivity (Wildman–Crippen MR) is 85.9 cm³/mol. The van der Waals surface area contributed by atoms with E-state index in [0.29, 0.717) is 5.92 Å². The third-order valence-electron chi connectivity index (χ3n) is 3.79. The maximum Gasteiger partial charge on any atom is 0.198 e. The van der Waals surface area contributed by atoms with Crippen molar-refractivity contribution in [1.82, 2.24) is 4.98 Å². The van der Waals surface area contributed by atoms with Gasteiger partial charge in [-0.15, -0.1) is 0 Å². The molecule has 1 aromatic carbocycles. The SMILES string of the molecule is Clc1ccc(CCc2oc(C3CCOCC3)nc2Br)cc1. The van der Waals surface area contributed by atoms with Crippen molar-refractivity contribution >= 4 is 27.5 Å². The molecule has 0 amide bonds. The Hall–Kier alpha value is -0.840. The summed E-state index contributed by atoms with van der Waals surface area (Å²) in [5.74, 6) is 2.15. The Kier molecular flexibility index (Phi) is 4.99. The lowest BCUT2D eigenvalue weighted by Crippen LogP contribution is -2.14. The van der Waals surface area contributed by atoms with Crippen molar-refractivity contribution in [2.75, 3.05) is 13.2 Å². The van der Waals surface area contributed by atoms with E-state index in [9.17, 15) is 0 Å². The van der Waals surface area contributed by atoms with Gasteiger partial charge in [0.15, 0.2) is 5.89 Å². The Morgan fingerprint density at radius 3 is 2.57 bits per heavy atom. The van der Waals surface area contributed by atoms with Crippen LogP contribution < -0.4 is 0 Å². The summed E-state index contributed by atoms with van der Waals surface area (Å²) in [5.41, 5.74) is 1.25. The quantitative estimate of drug-likeness (QED) is 0.777. The van der Waals surface area contributed by atoms with E-state index in [1.165, 1.54) is 5.56 Å². The monoisotopic (exact) mass is 369 g/mol. The van der Waals surface area contributed by atoms with Crippen molar-refractivity contribution in [2.45, 2.75) is 31.6 Å². The Morgan fingerprint density at radius 2 is 1.86 bits per heavy atom. The van der Waals surface area contributed by atoms with E-state index in [0.717, 1.165) is 60.2 Å². The number of benzene rings is 1. The van der Waals surface area contributed by atoms with Gasteiger partial charge in [0.05, 0.1) is 0 Å². The Morgan fingerprint density at radius 1 is 1.14 bits per heavy atom. The minimum Gasteiger partial charge on any atom is -0.444 e. The van der Waals surface area contributed by atoms with E-state index >= 15 is 0 Å². The van der Waals surface area contributed by atoms with E-state index in [1.54, 1.807) is 0 Å². The molecule has 3 rings (SSSR count). The van der Waals surface area contributed by atoms with E-state index < -0.39 is 0 Å². The van der Waals surface area contributed by atoms with Crippen LogP contribution in [0.3, 0.4) is 0 Å². The average Bonchev–Trinajstić information content (AvgIpc) is 2.89. The van der Waals surface area contributed by atoms with Gasteiger partial charge < -0.3 is 9.15 Å². The normalized spacial score (nSPS) is 16.3. The number of oxazole rings is 1. The molecule has 2 heterocycles. The molecule has 5 heteroatoms. The van der Waals surface area contributed by atoms with Gasteiger partial charge in [0.2, 0.25) is 0 Å². The summed E-state index contributed by atoms with van der Waals surface area (Å²) in [6, 6.07) is 7.93. The Bertz CT molecular complexity index is 591. The van der Waals surface area contributed by atoms with Gasteiger partial charge in [0.25, 0.3) is 0 Å². The third kappa shape index (κ3) is 3.87. The van der Waals surface area contributed by atoms with Gasteiger partial charge in [-0.3, -0.25) is 0 Å². The van der Waals surface area contributed by atoms with Crippen molar-refractivity contribution in [3.05, 3.63) is 51.1 Å². The van der Waals surface area contributed by atoms with Crippen LogP contribution in [-0.2, 0) is 17.6 Å². The van der Waals surface area contributed by atoms with Gasteiger partial charge in [0.1, 0.15) is 10.4 Å². The lowest BCUT2D eigenvalue weighted by atomic mass is 10.0. The summed E-state index contributed by atoms with van der Waals surface area (Å²) >= 11 is 9.41. The van der Waals surface area contributed by atoms with E-state index in [4.69, 9.17) is 20.8 Å². The lowest BCUT2D eigenvalue weighted by molar-refractivity contribution is 0.0791. The van der Waals surface area contributed by atoms with Gasteiger partial charge in [-0.25, -0.2) is 4.98 Å². The molecular weight excluding hydrogens is 354 g/mol. The first-order chi connectivity index (χ1) is 10.2. The zero-order valence-corrected chi connectivity index (χ0v) is 14.0. The minimum absolute atomic E-state index is 0.388. The molecule has 112 valence electrons. The number of aromatic nitrogens is 1. The first kappa shape index (κ1) is 15.1. The van der Waals surface area contributed by atoms with Crippen LogP contribution in [0.15, 0.2) is 33.3 Å². The second kappa shape index (κ2) is 6.95. The van der Waals surface area contributed by atoms with Gasteiger partial charge in [-0.1, -0.05) is 23.7 Å². The maximum absolute atomic E-state index is 5.96. The second-order valence-corrected chi connectivity index (χ2v) is 6.47. The average molecular weight is 371 g/mol. The molecule has 21 heavy (non-hydrogen) atoms. The molecule has 1 aromatic heterocycles. The molecule has 0 saturated carbocycles. The third-order valence-corrected chi connectivity index (χ3v) is 4.66. The second-order valence-electron chi connectivity index (χ2n) is 5.28. The number of aryl methyl sites for hydroxylation is 2. The topological polar surface area (TPSA) is 35.3 Å². The van der Waals surface area contributed by atoms with Crippen LogP contribution in [-0.4, -0.2) is 18.2 Å². The highest BCUT2D eigenvalue weighted by Crippen LogP contribution is 2.30. The number of nitrogens with zero attached hydrogens (tertiary/aromatic N) is 1. The molecule has 0 N–H and O–H groups in total. The van der Waals surface area contributed by atoms with Gasteiger partial charge in [-0.2, -0.15) is 0 Å². The van der Waals surface area contributed by atoms with Crippen LogP contribution in [0.25, 0.3) is 0 Å². The fourth-order valence-electron chi connectivity index (χ4n) is 2.53.